The van der Waals surface area contributed by atoms with Gasteiger partial charge in [0.05, 0.1) is 23.2 Å². The van der Waals surface area contributed by atoms with Crippen LogP contribution < -0.4 is 4.90 Å². The highest BCUT2D eigenvalue weighted by Crippen LogP contribution is 2.49. The first-order chi connectivity index (χ1) is 14.9. The molecule has 7 heteroatoms. The Hall–Kier alpha value is -3.20. The zero-order chi connectivity index (χ0) is 22.2. The van der Waals surface area contributed by atoms with Crippen LogP contribution in [0.25, 0.3) is 0 Å². The predicted octanol–water partition coefficient (Wildman–Crippen LogP) is 5.15. The van der Waals surface area contributed by atoms with Crippen molar-refractivity contribution in [3.05, 3.63) is 93.7 Å². The third-order valence-corrected chi connectivity index (χ3v) is 6.14. The minimum Gasteiger partial charge on any atom is -0.274 e. The molecule has 0 saturated carbocycles. The van der Waals surface area contributed by atoms with Crippen LogP contribution in [0.3, 0.4) is 0 Å². The molecule has 0 N–H and O–H groups in total. The standard InChI is InChI=1S/C24H17Cl2N3O2/c1-2-21-22(30)29(20-12-18(25)11-19(26)13-20)23(31)24(21,17-7-9-28-10-8-17)16-5-3-15(14-27)4-6-16/h3-13,21H,2H2,1H3/t21?,24-/m0/s1. The first-order valence-electron chi connectivity index (χ1n) is 9.69. The van der Waals surface area contributed by atoms with Gasteiger partial charge in [0, 0.05) is 22.4 Å². The van der Waals surface area contributed by atoms with E-state index in [0.29, 0.717) is 38.8 Å². The Kier molecular flexibility index (Phi) is 5.53. The third kappa shape index (κ3) is 3.29. The van der Waals surface area contributed by atoms with Crippen molar-refractivity contribution in [2.24, 2.45) is 5.92 Å². The molecular weight excluding hydrogens is 433 g/mol. The van der Waals surface area contributed by atoms with E-state index in [9.17, 15) is 14.9 Å². The quantitative estimate of drug-likeness (QED) is 0.516. The lowest BCUT2D eigenvalue weighted by atomic mass is 9.66. The molecule has 2 amide bonds. The first-order valence-corrected chi connectivity index (χ1v) is 10.4. The normalized spacial score (nSPS) is 20.7. The van der Waals surface area contributed by atoms with Gasteiger partial charge in [-0.25, -0.2) is 4.90 Å². The van der Waals surface area contributed by atoms with E-state index in [-0.39, 0.29) is 5.91 Å². The molecule has 1 fully saturated rings. The lowest BCUT2D eigenvalue weighted by molar-refractivity contribution is -0.122. The number of hydrogen-bond acceptors (Lipinski definition) is 4. The van der Waals surface area contributed by atoms with E-state index in [1.807, 2.05) is 6.92 Å². The summed E-state index contributed by atoms with van der Waals surface area (Å²) < 4.78 is 0. The van der Waals surface area contributed by atoms with Crippen LogP contribution in [-0.2, 0) is 15.0 Å². The van der Waals surface area contributed by atoms with Crippen molar-refractivity contribution in [1.29, 1.82) is 5.26 Å². The molecule has 1 aliphatic rings. The fraction of sp³-hybridized carbons (Fsp3) is 0.167. The van der Waals surface area contributed by atoms with E-state index in [4.69, 9.17) is 23.2 Å². The summed E-state index contributed by atoms with van der Waals surface area (Å²) in [6.45, 7) is 1.88. The molecule has 0 bridgehead atoms. The second kappa shape index (κ2) is 8.14. The van der Waals surface area contributed by atoms with E-state index in [0.717, 1.165) is 0 Å². The summed E-state index contributed by atoms with van der Waals surface area (Å²) >= 11 is 12.3. The Labute approximate surface area is 189 Å². The van der Waals surface area contributed by atoms with Crippen molar-refractivity contribution in [3.8, 4) is 6.07 Å². The molecule has 2 heterocycles. The minimum absolute atomic E-state index is 0.327. The summed E-state index contributed by atoms with van der Waals surface area (Å²) in [7, 11) is 0. The highest BCUT2D eigenvalue weighted by atomic mass is 35.5. The maximum atomic E-state index is 14.1. The summed E-state index contributed by atoms with van der Waals surface area (Å²) in [6, 6.07) is 17.0. The number of halogens is 2. The number of nitriles is 1. The number of nitrogens with zero attached hydrogens (tertiary/aromatic N) is 3. The van der Waals surface area contributed by atoms with Crippen molar-refractivity contribution in [2.75, 3.05) is 4.90 Å². The zero-order valence-corrected chi connectivity index (χ0v) is 18.1. The molecule has 0 aliphatic carbocycles. The molecule has 2 atom stereocenters. The van der Waals surface area contributed by atoms with Gasteiger partial charge in [-0.05, 0) is 60.0 Å². The fourth-order valence-corrected chi connectivity index (χ4v) is 4.91. The molecular formula is C24H17Cl2N3O2. The van der Waals surface area contributed by atoms with Gasteiger partial charge in [-0.3, -0.25) is 14.6 Å². The Bertz CT molecular complexity index is 1190. The van der Waals surface area contributed by atoms with Gasteiger partial charge in [-0.2, -0.15) is 5.26 Å². The van der Waals surface area contributed by atoms with Crippen LogP contribution in [0.15, 0.2) is 67.0 Å². The van der Waals surface area contributed by atoms with Gasteiger partial charge >= 0.3 is 0 Å². The number of carbonyl (C=O) groups is 2. The van der Waals surface area contributed by atoms with Gasteiger partial charge in [0.25, 0.3) is 0 Å². The fourth-order valence-electron chi connectivity index (χ4n) is 4.40. The van der Waals surface area contributed by atoms with Crippen molar-refractivity contribution < 1.29 is 9.59 Å². The van der Waals surface area contributed by atoms with Gasteiger partial charge in [0.2, 0.25) is 11.8 Å². The molecule has 0 spiro atoms. The summed E-state index contributed by atoms with van der Waals surface area (Å²) in [5.74, 6) is -1.38. The number of rotatable bonds is 4. The smallest absolute Gasteiger partial charge is 0.249 e. The molecule has 1 aliphatic heterocycles. The molecule has 154 valence electrons. The number of imide groups is 1. The van der Waals surface area contributed by atoms with E-state index in [1.165, 1.54) is 4.90 Å². The Morgan fingerprint density at radius 1 is 1.00 bits per heavy atom. The van der Waals surface area contributed by atoms with Gasteiger partial charge in [-0.15, -0.1) is 0 Å². The average Bonchev–Trinajstić information content (AvgIpc) is 3.00. The Morgan fingerprint density at radius 3 is 2.13 bits per heavy atom. The lowest BCUT2D eigenvalue weighted by Gasteiger charge is -2.32. The number of aromatic nitrogens is 1. The van der Waals surface area contributed by atoms with Crippen LogP contribution in [-0.4, -0.2) is 16.8 Å². The molecule has 4 rings (SSSR count). The number of pyridine rings is 1. The topological polar surface area (TPSA) is 74.1 Å². The molecule has 31 heavy (non-hydrogen) atoms. The van der Waals surface area contributed by atoms with Crippen molar-refractivity contribution in [3.63, 3.8) is 0 Å². The van der Waals surface area contributed by atoms with Crippen molar-refractivity contribution in [1.82, 2.24) is 4.98 Å². The SMILES string of the molecule is CCC1C(=O)N(c2cc(Cl)cc(Cl)c2)C(=O)[C@]1(c1ccncc1)c1ccc(C#N)cc1. The van der Waals surface area contributed by atoms with Gasteiger partial charge in [0.1, 0.15) is 5.41 Å². The second-order valence-electron chi connectivity index (χ2n) is 7.30. The van der Waals surface area contributed by atoms with Gasteiger partial charge < -0.3 is 0 Å². The number of amides is 2. The number of carbonyl (C=O) groups excluding carboxylic acids is 2. The van der Waals surface area contributed by atoms with E-state index in [1.54, 1.807) is 67.0 Å². The van der Waals surface area contributed by atoms with Crippen LogP contribution >= 0.6 is 23.2 Å². The maximum absolute atomic E-state index is 14.1. The minimum atomic E-state index is -1.27. The summed E-state index contributed by atoms with van der Waals surface area (Å²) in [6.07, 6.45) is 3.63. The molecule has 1 unspecified atom stereocenters. The molecule has 5 nitrogen and oxygen atoms in total. The van der Waals surface area contributed by atoms with Crippen LogP contribution in [0.4, 0.5) is 5.69 Å². The van der Waals surface area contributed by atoms with Crippen LogP contribution in [0.5, 0.6) is 0 Å². The van der Waals surface area contributed by atoms with Crippen LogP contribution in [0, 0.1) is 17.2 Å². The number of hydrogen-bond donors (Lipinski definition) is 0. The van der Waals surface area contributed by atoms with Crippen LogP contribution in [0.2, 0.25) is 10.0 Å². The Balaban J connectivity index is 2.00. The van der Waals surface area contributed by atoms with Gasteiger partial charge in [0.15, 0.2) is 0 Å². The number of benzene rings is 2. The molecule has 1 aromatic heterocycles. The second-order valence-corrected chi connectivity index (χ2v) is 8.17. The largest absolute Gasteiger partial charge is 0.274 e. The third-order valence-electron chi connectivity index (χ3n) is 5.70. The number of anilines is 1. The summed E-state index contributed by atoms with van der Waals surface area (Å²) in [4.78, 5) is 33.0. The summed E-state index contributed by atoms with van der Waals surface area (Å²) in [5.41, 5.74) is 0.830. The zero-order valence-electron chi connectivity index (χ0n) is 16.5. The van der Waals surface area contributed by atoms with Crippen molar-refractivity contribution >= 4 is 40.7 Å². The highest BCUT2D eigenvalue weighted by Gasteiger charge is 2.60. The maximum Gasteiger partial charge on any atom is 0.249 e. The highest BCUT2D eigenvalue weighted by molar-refractivity contribution is 6.36. The molecule has 1 saturated heterocycles. The predicted molar refractivity (Wildman–Crippen MR) is 119 cm³/mol. The van der Waals surface area contributed by atoms with Crippen molar-refractivity contribution in [2.45, 2.75) is 18.8 Å². The average molecular weight is 450 g/mol. The monoisotopic (exact) mass is 449 g/mol. The van der Waals surface area contributed by atoms with E-state index < -0.39 is 17.2 Å². The first kappa shape index (κ1) is 21.0. The summed E-state index contributed by atoms with van der Waals surface area (Å²) in [5, 5.41) is 9.86. The van der Waals surface area contributed by atoms with E-state index >= 15 is 0 Å². The lowest BCUT2D eigenvalue weighted by Crippen LogP contribution is -2.42. The Morgan fingerprint density at radius 2 is 1.58 bits per heavy atom. The molecule has 3 aromatic rings. The molecule has 2 aromatic carbocycles. The molecule has 0 radical (unpaired) electrons. The van der Waals surface area contributed by atoms with E-state index in [2.05, 4.69) is 11.1 Å². The van der Waals surface area contributed by atoms with Gasteiger partial charge in [-0.1, -0.05) is 42.3 Å². The van der Waals surface area contributed by atoms with Crippen LogP contribution in [0.1, 0.15) is 30.0 Å².